The van der Waals surface area contributed by atoms with E-state index in [4.69, 9.17) is 0 Å². The zero-order valence-corrected chi connectivity index (χ0v) is 28.4. The van der Waals surface area contributed by atoms with Gasteiger partial charge >= 0.3 is 0 Å². The molecule has 242 valence electrons. The highest BCUT2D eigenvalue weighted by Gasteiger charge is 2.17. The van der Waals surface area contributed by atoms with E-state index in [9.17, 15) is 0 Å². The molecule has 0 bridgehead atoms. The molecule has 0 radical (unpaired) electrons. The van der Waals surface area contributed by atoms with Crippen molar-refractivity contribution in [3.63, 3.8) is 0 Å². The fraction of sp³-hybridized carbons (Fsp3) is 0.0400. The minimum Gasteiger partial charge on any atom is -0.309 e. The highest BCUT2D eigenvalue weighted by Crippen LogP contribution is 2.35. The van der Waals surface area contributed by atoms with Crippen LogP contribution < -0.4 is 0 Å². The van der Waals surface area contributed by atoms with Crippen LogP contribution in [0.4, 0.5) is 0 Å². The smallest absolute Gasteiger partial charge is 0.0541 e. The third-order valence-corrected chi connectivity index (χ3v) is 10.3. The monoisotopic (exact) mass is 651 g/mol. The first kappa shape index (κ1) is 30.6. The van der Waals surface area contributed by atoms with E-state index < -0.39 is 0 Å². The summed E-state index contributed by atoms with van der Waals surface area (Å²) >= 11 is 0. The number of nitrogens with zero attached hydrogens (tertiary/aromatic N) is 1. The number of fused-ring (bicyclic) bond motifs is 3. The molecular formula is C50H37N. The van der Waals surface area contributed by atoms with Crippen LogP contribution in [-0.2, 0) is 6.42 Å². The van der Waals surface area contributed by atoms with Crippen molar-refractivity contribution >= 4 is 21.8 Å². The summed E-state index contributed by atoms with van der Waals surface area (Å²) in [4.78, 5) is 0. The third-order valence-electron chi connectivity index (χ3n) is 10.3. The van der Waals surface area contributed by atoms with Crippen LogP contribution in [0.3, 0.4) is 0 Å². The molecule has 1 heterocycles. The van der Waals surface area contributed by atoms with E-state index in [-0.39, 0.29) is 5.92 Å². The van der Waals surface area contributed by atoms with E-state index in [0.717, 1.165) is 6.42 Å². The molecule has 9 rings (SSSR count). The second-order valence-corrected chi connectivity index (χ2v) is 13.3. The van der Waals surface area contributed by atoms with Crippen LogP contribution in [0, 0.1) is 0 Å². The van der Waals surface area contributed by atoms with Crippen molar-refractivity contribution in [2.75, 3.05) is 0 Å². The van der Waals surface area contributed by atoms with Crippen molar-refractivity contribution in [2.24, 2.45) is 0 Å². The van der Waals surface area contributed by atoms with Gasteiger partial charge in [-0.25, -0.2) is 0 Å². The molecule has 0 fully saturated rings. The Labute approximate surface area is 299 Å². The largest absolute Gasteiger partial charge is 0.309 e. The zero-order valence-electron chi connectivity index (χ0n) is 28.4. The third kappa shape index (κ3) is 6.05. The van der Waals surface area contributed by atoms with Gasteiger partial charge in [-0.3, -0.25) is 0 Å². The van der Waals surface area contributed by atoms with E-state index in [1.165, 1.54) is 77.6 Å². The maximum absolute atomic E-state index is 2.37. The average Bonchev–Trinajstić information content (AvgIpc) is 3.55. The Hall–Kier alpha value is -6.44. The quantitative estimate of drug-likeness (QED) is 0.154. The Morgan fingerprint density at radius 1 is 0.314 bits per heavy atom. The van der Waals surface area contributed by atoms with Gasteiger partial charge < -0.3 is 4.57 Å². The molecule has 0 N–H and O–H groups in total. The summed E-state index contributed by atoms with van der Waals surface area (Å²) in [5.41, 5.74) is 15.0. The topological polar surface area (TPSA) is 4.93 Å². The number of hydrogen-bond acceptors (Lipinski definition) is 0. The van der Waals surface area contributed by atoms with Gasteiger partial charge in [-0.05, 0) is 80.8 Å². The summed E-state index contributed by atoms with van der Waals surface area (Å²) in [5.74, 6) is 0.232. The summed E-state index contributed by atoms with van der Waals surface area (Å²) < 4.78 is 2.37. The molecule has 0 unspecified atom stereocenters. The van der Waals surface area contributed by atoms with E-state index in [1.54, 1.807) is 0 Å². The van der Waals surface area contributed by atoms with Crippen LogP contribution in [0.25, 0.3) is 60.9 Å². The van der Waals surface area contributed by atoms with Gasteiger partial charge in [0.1, 0.15) is 0 Å². The lowest BCUT2D eigenvalue weighted by molar-refractivity contribution is 0.805. The van der Waals surface area contributed by atoms with Gasteiger partial charge in [0.25, 0.3) is 0 Å². The predicted octanol–water partition coefficient (Wildman–Crippen LogP) is 13.2. The molecule has 1 aromatic heterocycles. The number of rotatable bonds is 8. The molecule has 0 saturated carbocycles. The van der Waals surface area contributed by atoms with Crippen molar-refractivity contribution in [1.29, 1.82) is 0 Å². The fourth-order valence-corrected chi connectivity index (χ4v) is 7.58. The summed E-state index contributed by atoms with van der Waals surface area (Å²) in [6.07, 6.45) is 0.919. The van der Waals surface area contributed by atoms with Crippen molar-refractivity contribution in [1.82, 2.24) is 4.57 Å². The second kappa shape index (κ2) is 13.5. The van der Waals surface area contributed by atoms with Gasteiger partial charge in [0, 0.05) is 22.4 Å². The number of benzene rings is 8. The first-order chi connectivity index (χ1) is 25.3. The Balaban J connectivity index is 1.00. The van der Waals surface area contributed by atoms with Crippen LogP contribution in [0.5, 0.6) is 0 Å². The number of aromatic nitrogens is 1. The van der Waals surface area contributed by atoms with E-state index in [1.807, 2.05) is 0 Å². The number of hydrogen-bond donors (Lipinski definition) is 0. The fourth-order valence-electron chi connectivity index (χ4n) is 7.58. The summed E-state index contributed by atoms with van der Waals surface area (Å²) in [7, 11) is 0. The SMILES string of the molecule is c1ccc(-c2ccc(C(Cc3ccc(-c4ccc(-n5c6ccccc6c6ccccc65)cc4)cc3)c3ccc(-c4ccccc4)cc3)cc2)cc1. The summed E-state index contributed by atoms with van der Waals surface area (Å²) in [5, 5.41) is 2.57. The molecule has 0 saturated heterocycles. The van der Waals surface area contributed by atoms with E-state index >= 15 is 0 Å². The Kier molecular flexibility index (Phi) is 8.08. The van der Waals surface area contributed by atoms with Gasteiger partial charge in [0.05, 0.1) is 11.0 Å². The first-order valence-corrected chi connectivity index (χ1v) is 17.8. The van der Waals surface area contributed by atoms with Crippen molar-refractivity contribution in [2.45, 2.75) is 12.3 Å². The van der Waals surface area contributed by atoms with Crippen LogP contribution in [0.15, 0.2) is 206 Å². The lowest BCUT2D eigenvalue weighted by Crippen LogP contribution is -2.05. The molecule has 1 heteroatoms. The van der Waals surface area contributed by atoms with Crippen LogP contribution in [0.2, 0.25) is 0 Å². The second-order valence-electron chi connectivity index (χ2n) is 13.3. The number of para-hydroxylation sites is 2. The van der Waals surface area contributed by atoms with Crippen LogP contribution >= 0.6 is 0 Å². The maximum Gasteiger partial charge on any atom is 0.0541 e. The molecule has 0 spiro atoms. The highest BCUT2D eigenvalue weighted by atomic mass is 15.0. The van der Waals surface area contributed by atoms with Gasteiger partial charge in [-0.2, -0.15) is 0 Å². The standard InChI is InChI=1S/C50H37N/c1-3-11-37(12-4-1)40-23-27-43(28-24-40)48(44-29-25-41(26-30-44)38-13-5-2-6-14-38)35-36-19-21-39(22-20-36)42-31-33-45(34-32-42)51-49-17-9-7-15-46(49)47-16-8-10-18-50(47)51/h1-34,48H,35H2. The minimum absolute atomic E-state index is 0.232. The molecule has 0 amide bonds. The van der Waals surface area contributed by atoms with Gasteiger partial charge in [0.2, 0.25) is 0 Å². The molecule has 9 aromatic rings. The summed E-state index contributed by atoms with van der Waals surface area (Å²) in [6, 6.07) is 75.1. The van der Waals surface area contributed by atoms with Crippen LogP contribution in [-0.4, -0.2) is 4.57 Å². The summed E-state index contributed by atoms with van der Waals surface area (Å²) in [6.45, 7) is 0. The van der Waals surface area contributed by atoms with Crippen molar-refractivity contribution in [3.8, 4) is 39.1 Å². The molecular weight excluding hydrogens is 615 g/mol. The Morgan fingerprint density at radius 2 is 0.667 bits per heavy atom. The van der Waals surface area contributed by atoms with Crippen molar-refractivity contribution < 1.29 is 0 Å². The molecule has 1 nitrogen and oxygen atoms in total. The van der Waals surface area contributed by atoms with Gasteiger partial charge in [-0.1, -0.05) is 182 Å². The minimum atomic E-state index is 0.232. The highest BCUT2D eigenvalue weighted by molar-refractivity contribution is 6.09. The molecule has 8 aromatic carbocycles. The first-order valence-electron chi connectivity index (χ1n) is 17.8. The maximum atomic E-state index is 2.37. The van der Waals surface area contributed by atoms with Crippen molar-refractivity contribution in [3.05, 3.63) is 223 Å². The van der Waals surface area contributed by atoms with Gasteiger partial charge in [-0.15, -0.1) is 0 Å². The molecule has 0 aliphatic carbocycles. The van der Waals surface area contributed by atoms with E-state index in [0.29, 0.717) is 0 Å². The Morgan fingerprint density at radius 3 is 1.12 bits per heavy atom. The van der Waals surface area contributed by atoms with E-state index in [2.05, 4.69) is 211 Å². The van der Waals surface area contributed by atoms with Crippen LogP contribution in [0.1, 0.15) is 22.6 Å². The normalized spacial score (nSPS) is 11.4. The average molecular weight is 652 g/mol. The predicted molar refractivity (Wildman–Crippen MR) is 216 cm³/mol. The molecule has 0 atom stereocenters. The Bertz CT molecular complexity index is 2410. The van der Waals surface area contributed by atoms with Gasteiger partial charge in [0.15, 0.2) is 0 Å². The molecule has 0 aliphatic rings. The zero-order chi connectivity index (χ0) is 34.0. The molecule has 51 heavy (non-hydrogen) atoms. The molecule has 0 aliphatic heterocycles. The lowest BCUT2D eigenvalue weighted by Gasteiger charge is -2.20. The lowest BCUT2D eigenvalue weighted by atomic mass is 9.84.